The summed E-state index contributed by atoms with van der Waals surface area (Å²) in [6.45, 7) is 1.82. The molecule has 2 rings (SSSR count). The molecule has 0 saturated carbocycles. The quantitative estimate of drug-likeness (QED) is 0.0940. The minimum absolute atomic E-state index is 0.0261. The summed E-state index contributed by atoms with van der Waals surface area (Å²) in [5.41, 5.74) is 7.34. The summed E-state index contributed by atoms with van der Waals surface area (Å²) in [5, 5.41) is 15.8. The van der Waals surface area contributed by atoms with Crippen molar-refractivity contribution in [3.63, 3.8) is 0 Å². The van der Waals surface area contributed by atoms with E-state index in [1.807, 2.05) is 83.3 Å². The van der Waals surface area contributed by atoms with Crippen LogP contribution in [0, 0.1) is 0 Å². The Hall–Kier alpha value is -3.28. The van der Waals surface area contributed by atoms with Gasteiger partial charge in [0.2, 0.25) is 5.90 Å². The Balaban J connectivity index is 2.13. The van der Waals surface area contributed by atoms with Crippen molar-refractivity contribution < 1.29 is 19.5 Å². The van der Waals surface area contributed by atoms with Crippen LogP contribution in [0.2, 0.25) is 0 Å². The number of aliphatic carboxylic acids is 1. The number of carboxylic acid groups (broad SMARTS) is 1. The van der Waals surface area contributed by atoms with Gasteiger partial charge in [0.05, 0.1) is 5.92 Å². The fraction of sp³-hybridized carbons (Fsp3) is 0.292. The van der Waals surface area contributed by atoms with Crippen molar-refractivity contribution in [2.75, 3.05) is 13.6 Å². The molecule has 0 fully saturated rings. The van der Waals surface area contributed by atoms with Gasteiger partial charge in [-0.05, 0) is 53.5 Å². The van der Waals surface area contributed by atoms with Crippen LogP contribution in [0.5, 0.6) is 0 Å². The highest BCUT2D eigenvalue weighted by atomic mass is 127. The highest BCUT2D eigenvalue weighted by Gasteiger charge is 2.24. The van der Waals surface area contributed by atoms with Gasteiger partial charge in [-0.3, -0.25) is 14.8 Å². The molecule has 0 aliphatic carbocycles. The molecule has 1 amide bonds. The van der Waals surface area contributed by atoms with E-state index >= 15 is 0 Å². The first kappa shape index (κ1) is 27.0. The average molecular weight is 577 g/mol. The maximum absolute atomic E-state index is 12.5. The topological polar surface area (TPSA) is 139 Å². The number of carbonyl (C=O) groups excluding carboxylic acids is 1. The van der Waals surface area contributed by atoms with E-state index in [0.717, 1.165) is 11.1 Å². The fourth-order valence-corrected chi connectivity index (χ4v) is 3.39. The molecule has 0 unspecified atom stereocenters. The first-order chi connectivity index (χ1) is 16.3. The van der Waals surface area contributed by atoms with Crippen LogP contribution >= 0.6 is 22.6 Å². The monoisotopic (exact) mass is 577 g/mol. The van der Waals surface area contributed by atoms with E-state index < -0.39 is 17.9 Å². The van der Waals surface area contributed by atoms with Crippen molar-refractivity contribution in [1.29, 1.82) is 0 Å². The number of hydrogen-bond acceptors (Lipinski definition) is 6. The lowest BCUT2D eigenvalue weighted by Crippen LogP contribution is -2.43. The number of nitrogens with one attached hydrogen (secondary N) is 1. The third-order valence-corrected chi connectivity index (χ3v) is 5.20. The SMILES string of the molecule is CN=C(O/N=C(\C)C(=O)N[C@@H](CCCN=C(N)I)C(=O)O)C(c1ccccc1)c1ccccc1. The van der Waals surface area contributed by atoms with Gasteiger partial charge in [0.25, 0.3) is 5.91 Å². The van der Waals surface area contributed by atoms with Crippen LogP contribution < -0.4 is 11.1 Å². The Labute approximate surface area is 212 Å². The van der Waals surface area contributed by atoms with Crippen LogP contribution in [0.1, 0.15) is 36.8 Å². The second-order valence-electron chi connectivity index (χ2n) is 7.30. The molecule has 0 aliphatic heterocycles. The van der Waals surface area contributed by atoms with Crippen LogP contribution in [-0.2, 0) is 14.4 Å². The van der Waals surface area contributed by atoms with E-state index in [1.165, 1.54) is 6.92 Å². The number of nitrogens with zero attached hydrogens (tertiary/aromatic N) is 3. The van der Waals surface area contributed by atoms with Crippen LogP contribution in [0.3, 0.4) is 0 Å². The second kappa shape index (κ2) is 14.1. The molecule has 0 saturated heterocycles. The number of halogens is 1. The predicted octanol–water partition coefficient (Wildman–Crippen LogP) is 3.34. The third-order valence-electron chi connectivity index (χ3n) is 4.86. The van der Waals surface area contributed by atoms with E-state index in [9.17, 15) is 14.7 Å². The molecule has 2 aromatic carbocycles. The minimum atomic E-state index is -1.14. The molecule has 9 nitrogen and oxygen atoms in total. The second-order valence-corrected chi connectivity index (χ2v) is 8.40. The minimum Gasteiger partial charge on any atom is -0.480 e. The maximum atomic E-state index is 12.5. The smallest absolute Gasteiger partial charge is 0.326 e. The molecule has 0 aliphatic rings. The van der Waals surface area contributed by atoms with Crippen LogP contribution in [0.15, 0.2) is 75.8 Å². The summed E-state index contributed by atoms with van der Waals surface area (Å²) >= 11 is 1.87. The Bertz CT molecular complexity index is 998. The van der Waals surface area contributed by atoms with Gasteiger partial charge in [-0.25, -0.2) is 4.79 Å². The number of nitrogens with two attached hydrogens (primary N) is 1. The van der Waals surface area contributed by atoms with Crippen LogP contribution in [0.4, 0.5) is 0 Å². The Kier molecular flexibility index (Phi) is 11.2. The lowest BCUT2D eigenvalue weighted by molar-refractivity contribution is -0.141. The van der Waals surface area contributed by atoms with E-state index in [4.69, 9.17) is 10.6 Å². The fourth-order valence-electron chi connectivity index (χ4n) is 3.15. The molecule has 0 spiro atoms. The number of aliphatic imine (C=N–C) groups is 2. The molecule has 10 heteroatoms. The number of carbonyl (C=O) groups is 2. The van der Waals surface area contributed by atoms with Crippen LogP contribution in [-0.4, -0.2) is 52.1 Å². The molecule has 1 atom stereocenters. The lowest BCUT2D eigenvalue weighted by Gasteiger charge is -2.18. The van der Waals surface area contributed by atoms with Crippen molar-refractivity contribution in [1.82, 2.24) is 5.32 Å². The molecule has 180 valence electrons. The van der Waals surface area contributed by atoms with Gasteiger partial charge in [-0.15, -0.1) is 0 Å². The normalized spacial score (nSPS) is 13.5. The van der Waals surface area contributed by atoms with Crippen molar-refractivity contribution in [3.8, 4) is 0 Å². The largest absolute Gasteiger partial charge is 0.480 e. The summed E-state index contributed by atoms with van der Waals surface area (Å²) in [4.78, 5) is 38.0. The number of carboxylic acids is 1. The van der Waals surface area contributed by atoms with E-state index in [-0.39, 0.29) is 18.1 Å². The van der Waals surface area contributed by atoms with Gasteiger partial charge in [-0.1, -0.05) is 65.8 Å². The van der Waals surface area contributed by atoms with Crippen molar-refractivity contribution in [2.24, 2.45) is 20.9 Å². The van der Waals surface area contributed by atoms with E-state index in [0.29, 0.717) is 22.7 Å². The average Bonchev–Trinajstić information content (AvgIpc) is 2.84. The van der Waals surface area contributed by atoms with E-state index in [2.05, 4.69) is 20.5 Å². The molecule has 0 aromatic heterocycles. The number of hydrogen-bond donors (Lipinski definition) is 3. The molecule has 4 N–H and O–H groups in total. The number of rotatable bonds is 11. The van der Waals surface area contributed by atoms with Gasteiger partial charge in [0.1, 0.15) is 11.8 Å². The number of amidine groups is 1. The van der Waals surface area contributed by atoms with Gasteiger partial charge in [0.15, 0.2) is 3.84 Å². The first-order valence-corrected chi connectivity index (χ1v) is 11.7. The van der Waals surface area contributed by atoms with Crippen LogP contribution in [0.25, 0.3) is 0 Å². The summed E-state index contributed by atoms with van der Waals surface area (Å²) in [5.74, 6) is -1.81. The zero-order valence-corrected chi connectivity index (χ0v) is 21.2. The number of amides is 1. The molecule has 0 bridgehead atoms. The number of oxime groups is 1. The summed E-state index contributed by atoms with van der Waals surface area (Å²) < 4.78 is 0.395. The van der Waals surface area contributed by atoms with E-state index in [1.54, 1.807) is 7.05 Å². The Morgan fingerprint density at radius 2 is 1.65 bits per heavy atom. The molecular formula is C24H28IN5O4. The molecule has 0 radical (unpaired) electrons. The zero-order chi connectivity index (χ0) is 24.9. The van der Waals surface area contributed by atoms with Gasteiger partial charge < -0.3 is 21.0 Å². The third kappa shape index (κ3) is 8.58. The molecule has 34 heavy (non-hydrogen) atoms. The highest BCUT2D eigenvalue weighted by molar-refractivity contribution is 14.1. The van der Waals surface area contributed by atoms with Gasteiger partial charge >= 0.3 is 5.97 Å². The molecule has 2 aromatic rings. The van der Waals surface area contributed by atoms with Crippen molar-refractivity contribution >= 4 is 49.9 Å². The zero-order valence-electron chi connectivity index (χ0n) is 19.0. The Morgan fingerprint density at radius 3 is 2.12 bits per heavy atom. The van der Waals surface area contributed by atoms with Crippen molar-refractivity contribution in [3.05, 3.63) is 71.8 Å². The highest BCUT2D eigenvalue weighted by Crippen LogP contribution is 2.27. The first-order valence-electron chi connectivity index (χ1n) is 10.6. The maximum Gasteiger partial charge on any atom is 0.326 e. The summed E-state index contributed by atoms with van der Waals surface area (Å²) in [6, 6.07) is 18.3. The number of benzene rings is 2. The molecule has 0 heterocycles. The standard InChI is InChI=1S/C24H28IN5O4/c1-16(21(31)29-19(23(32)33)14-9-15-28-24(25)26)30-34-22(27-2)20(17-10-5-3-6-11-17)18-12-7-4-8-13-18/h3-8,10-13,19-20H,9,14-15H2,1-2H3,(H2,26,28)(H,29,31)(H,32,33)/b27-22?,30-16+/t19-/m0/s1. The predicted molar refractivity (Wildman–Crippen MR) is 142 cm³/mol. The van der Waals surface area contributed by atoms with Gasteiger partial charge in [-0.2, -0.15) is 0 Å². The van der Waals surface area contributed by atoms with Crippen molar-refractivity contribution in [2.45, 2.75) is 31.7 Å². The molecular weight excluding hydrogens is 549 g/mol. The summed E-state index contributed by atoms with van der Waals surface area (Å²) in [6.07, 6.45) is 0.657. The van der Waals surface area contributed by atoms with Gasteiger partial charge in [0, 0.05) is 13.6 Å². The Morgan fingerprint density at radius 1 is 1.09 bits per heavy atom. The lowest BCUT2D eigenvalue weighted by atomic mass is 9.91. The summed E-state index contributed by atoms with van der Waals surface area (Å²) in [7, 11) is 1.59.